The van der Waals surface area contributed by atoms with Gasteiger partial charge in [0.25, 0.3) is 0 Å². The molecule has 3 aromatic carbocycles. The van der Waals surface area contributed by atoms with E-state index in [9.17, 15) is 14.7 Å². The fraction of sp³-hybridized carbons (Fsp3) is 0.241. The lowest BCUT2D eigenvalue weighted by Gasteiger charge is -2.35. The molecule has 37 heavy (non-hydrogen) atoms. The molecule has 5 rings (SSSR count). The summed E-state index contributed by atoms with van der Waals surface area (Å²) in [5, 5.41) is 10.9. The molecule has 0 radical (unpaired) electrons. The highest BCUT2D eigenvalue weighted by Crippen LogP contribution is 2.40. The Kier molecular flexibility index (Phi) is 7.44. The molecule has 2 heterocycles. The zero-order valence-electron chi connectivity index (χ0n) is 20.1. The molecule has 8 heteroatoms. The summed E-state index contributed by atoms with van der Waals surface area (Å²) < 4.78 is 11.5. The Morgan fingerprint density at radius 2 is 1.89 bits per heavy atom. The van der Waals surface area contributed by atoms with Crippen LogP contribution in [-0.4, -0.2) is 47.1 Å². The average Bonchev–Trinajstić information content (AvgIpc) is 3.29. The fourth-order valence-corrected chi connectivity index (χ4v) is 4.90. The van der Waals surface area contributed by atoms with Crippen LogP contribution in [0.1, 0.15) is 29.3 Å². The molecular formula is C29H27ClN2O5. The molecule has 4 aromatic rings. The molecule has 1 aliphatic rings. The second-order valence-electron chi connectivity index (χ2n) is 9.02. The van der Waals surface area contributed by atoms with Gasteiger partial charge in [-0.15, -0.1) is 0 Å². The third-order valence-corrected chi connectivity index (χ3v) is 6.89. The summed E-state index contributed by atoms with van der Waals surface area (Å²) in [6.45, 7) is 0.602. The Morgan fingerprint density at radius 1 is 1.11 bits per heavy atom. The molecule has 0 spiro atoms. The minimum absolute atomic E-state index is 0.194. The highest BCUT2D eigenvalue weighted by Gasteiger charge is 2.35. The Morgan fingerprint density at radius 3 is 2.62 bits per heavy atom. The number of hydrogen-bond donors (Lipinski definition) is 2. The number of hydrogen-bond acceptors (Lipinski definition) is 5. The summed E-state index contributed by atoms with van der Waals surface area (Å²) >= 11 is 6.29. The first kappa shape index (κ1) is 24.9. The van der Waals surface area contributed by atoms with Gasteiger partial charge in [0.2, 0.25) is 0 Å². The lowest BCUT2D eigenvalue weighted by molar-refractivity contribution is -0.112. The second-order valence-corrected chi connectivity index (χ2v) is 9.46. The first-order valence-corrected chi connectivity index (χ1v) is 12.6. The van der Waals surface area contributed by atoms with E-state index in [-0.39, 0.29) is 6.61 Å². The van der Waals surface area contributed by atoms with Crippen LogP contribution in [0.25, 0.3) is 10.9 Å². The highest BCUT2D eigenvalue weighted by molar-refractivity contribution is 6.31. The van der Waals surface area contributed by atoms with E-state index in [1.54, 1.807) is 17.0 Å². The van der Waals surface area contributed by atoms with Crippen LogP contribution in [0.4, 0.5) is 4.79 Å². The van der Waals surface area contributed by atoms with Crippen LogP contribution in [0.3, 0.4) is 0 Å². The number of nitrogens with zero attached hydrogens (tertiary/aromatic N) is 1. The molecule has 2 atom stereocenters. The number of aliphatic hydroxyl groups is 1. The maximum Gasteiger partial charge on any atom is 0.416 e. The topological polar surface area (TPSA) is 91.9 Å². The van der Waals surface area contributed by atoms with E-state index in [1.165, 1.54) is 0 Å². The van der Waals surface area contributed by atoms with Crippen molar-refractivity contribution in [3.05, 3.63) is 94.6 Å². The lowest BCUT2D eigenvalue weighted by atomic mass is 9.92. The molecule has 1 aliphatic heterocycles. The Bertz CT molecular complexity index is 1390. The Labute approximate surface area is 219 Å². The van der Waals surface area contributed by atoms with Gasteiger partial charge in [0, 0.05) is 34.1 Å². The summed E-state index contributed by atoms with van der Waals surface area (Å²) in [5.74, 6) is 0.699. The van der Waals surface area contributed by atoms with Crippen molar-refractivity contribution in [2.45, 2.75) is 18.9 Å². The minimum atomic E-state index is -0.431. The average molecular weight is 519 g/mol. The van der Waals surface area contributed by atoms with Gasteiger partial charge in [-0.05, 0) is 66.4 Å². The van der Waals surface area contributed by atoms with Crippen molar-refractivity contribution in [3.63, 3.8) is 0 Å². The SMILES string of the molecule is O=CC(CO)CCOc1ccc(C2c3[nH]c4ccc(Cl)cc4c3CCN2C(=O)Oc2ccccc2)cc1. The molecule has 7 nitrogen and oxygen atoms in total. The minimum Gasteiger partial charge on any atom is -0.494 e. The largest absolute Gasteiger partial charge is 0.494 e. The number of amides is 1. The predicted octanol–water partition coefficient (Wildman–Crippen LogP) is 5.54. The molecule has 0 saturated heterocycles. The van der Waals surface area contributed by atoms with Gasteiger partial charge in [0.05, 0.1) is 13.2 Å². The number of aromatic nitrogens is 1. The van der Waals surface area contributed by atoms with Gasteiger partial charge in [0.15, 0.2) is 0 Å². The standard InChI is InChI=1S/C29H27ClN2O5/c30-21-8-11-26-25(16-21)24-12-14-32(29(35)37-23-4-2-1-3-5-23)28(27(24)31-26)20-6-9-22(10-7-20)36-15-13-19(17-33)18-34/h1-11,16-17,19,28,31,34H,12-15,18H2. The van der Waals surface area contributed by atoms with Gasteiger partial charge in [-0.3, -0.25) is 4.90 Å². The number of aliphatic hydroxyl groups excluding tert-OH is 1. The number of aromatic amines is 1. The first-order chi connectivity index (χ1) is 18.1. The Balaban J connectivity index is 1.45. The lowest BCUT2D eigenvalue weighted by Crippen LogP contribution is -2.42. The van der Waals surface area contributed by atoms with Crippen molar-refractivity contribution in [3.8, 4) is 11.5 Å². The number of carbonyl (C=O) groups is 2. The van der Waals surface area contributed by atoms with E-state index in [2.05, 4.69) is 4.98 Å². The number of aldehydes is 1. The van der Waals surface area contributed by atoms with Crippen molar-refractivity contribution < 1.29 is 24.2 Å². The van der Waals surface area contributed by atoms with Gasteiger partial charge in [-0.25, -0.2) is 4.79 Å². The number of para-hydroxylation sites is 1. The second kappa shape index (κ2) is 11.1. The summed E-state index contributed by atoms with van der Waals surface area (Å²) in [4.78, 5) is 29.5. The third kappa shape index (κ3) is 5.33. The zero-order chi connectivity index (χ0) is 25.8. The molecule has 1 amide bonds. The van der Waals surface area contributed by atoms with Crippen molar-refractivity contribution in [2.24, 2.45) is 5.92 Å². The summed E-state index contributed by atoms with van der Waals surface area (Å²) in [7, 11) is 0. The van der Waals surface area contributed by atoms with Gasteiger partial charge in [-0.1, -0.05) is 41.9 Å². The number of nitrogens with one attached hydrogen (secondary N) is 1. The molecule has 0 bridgehead atoms. The van der Waals surface area contributed by atoms with E-state index in [4.69, 9.17) is 21.1 Å². The van der Waals surface area contributed by atoms with E-state index < -0.39 is 18.1 Å². The van der Waals surface area contributed by atoms with Gasteiger partial charge in [0.1, 0.15) is 23.8 Å². The number of fused-ring (bicyclic) bond motifs is 3. The normalized spacial score (nSPS) is 15.7. The van der Waals surface area contributed by atoms with Crippen LogP contribution >= 0.6 is 11.6 Å². The van der Waals surface area contributed by atoms with Crippen LogP contribution < -0.4 is 9.47 Å². The van der Waals surface area contributed by atoms with E-state index >= 15 is 0 Å². The van der Waals surface area contributed by atoms with E-state index in [1.807, 2.05) is 60.7 Å². The zero-order valence-corrected chi connectivity index (χ0v) is 20.9. The summed E-state index contributed by atoms with van der Waals surface area (Å²) in [5.41, 5.74) is 3.93. The van der Waals surface area contributed by atoms with Crippen molar-refractivity contribution in [1.82, 2.24) is 9.88 Å². The highest BCUT2D eigenvalue weighted by atomic mass is 35.5. The molecular weight excluding hydrogens is 492 g/mol. The van der Waals surface area contributed by atoms with E-state index in [0.29, 0.717) is 42.5 Å². The number of H-pyrrole nitrogens is 1. The number of carbonyl (C=O) groups excluding carboxylic acids is 2. The van der Waals surface area contributed by atoms with Crippen molar-refractivity contribution in [1.29, 1.82) is 0 Å². The van der Waals surface area contributed by atoms with Crippen LogP contribution in [-0.2, 0) is 11.2 Å². The van der Waals surface area contributed by atoms with Crippen LogP contribution in [0.15, 0.2) is 72.8 Å². The molecule has 0 saturated carbocycles. The van der Waals surface area contributed by atoms with Crippen molar-refractivity contribution >= 4 is 34.9 Å². The molecule has 2 N–H and O–H groups in total. The quantitative estimate of drug-likeness (QED) is 0.299. The van der Waals surface area contributed by atoms with Crippen LogP contribution in [0.5, 0.6) is 11.5 Å². The molecule has 1 aromatic heterocycles. The molecule has 0 aliphatic carbocycles. The summed E-state index contributed by atoms with van der Waals surface area (Å²) in [6.07, 6.45) is 1.41. The molecule has 0 fully saturated rings. The van der Waals surface area contributed by atoms with Gasteiger partial charge >= 0.3 is 6.09 Å². The number of halogens is 1. The van der Waals surface area contributed by atoms with Crippen LogP contribution in [0, 0.1) is 5.92 Å². The number of ether oxygens (including phenoxy) is 2. The first-order valence-electron chi connectivity index (χ1n) is 12.2. The van der Waals surface area contributed by atoms with Gasteiger partial charge < -0.3 is 24.4 Å². The monoisotopic (exact) mass is 518 g/mol. The molecule has 2 unspecified atom stereocenters. The van der Waals surface area contributed by atoms with Crippen LogP contribution in [0.2, 0.25) is 5.02 Å². The van der Waals surface area contributed by atoms with Crippen molar-refractivity contribution in [2.75, 3.05) is 19.8 Å². The Hall–Kier alpha value is -3.81. The number of rotatable bonds is 8. The third-order valence-electron chi connectivity index (χ3n) is 6.65. The van der Waals surface area contributed by atoms with Gasteiger partial charge in [-0.2, -0.15) is 0 Å². The van der Waals surface area contributed by atoms with E-state index in [0.717, 1.165) is 34.0 Å². The predicted molar refractivity (Wildman–Crippen MR) is 141 cm³/mol. The maximum absolute atomic E-state index is 13.4. The summed E-state index contributed by atoms with van der Waals surface area (Å²) in [6, 6.07) is 21.9. The fourth-order valence-electron chi connectivity index (χ4n) is 4.73. The maximum atomic E-state index is 13.4. The number of benzene rings is 3. The molecule has 190 valence electrons. The smallest absolute Gasteiger partial charge is 0.416 e.